The van der Waals surface area contributed by atoms with Gasteiger partial charge in [0.15, 0.2) is 0 Å². The van der Waals surface area contributed by atoms with E-state index in [1.165, 1.54) is 16.7 Å². The first-order valence-corrected chi connectivity index (χ1v) is 5.09. The largest absolute Gasteiger partial charge is 0.328 e. The molecular formula is C12H20N2. The van der Waals surface area contributed by atoms with Crippen LogP contribution in [0.1, 0.15) is 36.1 Å². The molecule has 0 spiro atoms. The highest BCUT2D eigenvalue weighted by atomic mass is 14.7. The van der Waals surface area contributed by atoms with E-state index in [1.807, 2.05) is 6.92 Å². The van der Waals surface area contributed by atoms with Crippen LogP contribution in [-0.4, -0.2) is 6.04 Å². The van der Waals surface area contributed by atoms with E-state index in [2.05, 4.69) is 32.0 Å². The Hall–Kier alpha value is -0.860. The third-order valence-electron chi connectivity index (χ3n) is 2.58. The second-order valence-electron chi connectivity index (χ2n) is 4.16. The van der Waals surface area contributed by atoms with Gasteiger partial charge in [0.05, 0.1) is 0 Å². The lowest BCUT2D eigenvalue weighted by Gasteiger charge is -2.15. The highest BCUT2D eigenvalue weighted by Gasteiger charge is 2.08. The van der Waals surface area contributed by atoms with Crippen molar-refractivity contribution in [3.63, 3.8) is 0 Å². The molecule has 0 heterocycles. The van der Waals surface area contributed by atoms with Crippen LogP contribution in [-0.2, 0) is 0 Å². The standard InChI is InChI=1S/C12H20N2/c1-8-4-5-11(6-9(8)2)12(14)7-10(3)13/h4-6,10,12H,7,13-14H2,1-3H3. The molecule has 1 aromatic rings. The predicted molar refractivity (Wildman–Crippen MR) is 61.1 cm³/mol. The summed E-state index contributed by atoms with van der Waals surface area (Å²) in [5, 5.41) is 0. The molecule has 0 radical (unpaired) electrons. The molecule has 0 bridgehead atoms. The van der Waals surface area contributed by atoms with Crippen LogP contribution in [0.5, 0.6) is 0 Å². The van der Waals surface area contributed by atoms with Gasteiger partial charge in [0, 0.05) is 12.1 Å². The van der Waals surface area contributed by atoms with Crippen molar-refractivity contribution in [2.75, 3.05) is 0 Å². The molecule has 1 rings (SSSR count). The molecule has 1 aromatic carbocycles. The highest BCUT2D eigenvalue weighted by molar-refractivity contribution is 5.31. The van der Waals surface area contributed by atoms with E-state index in [1.54, 1.807) is 0 Å². The molecule has 0 aromatic heterocycles. The van der Waals surface area contributed by atoms with Crippen LogP contribution in [0.4, 0.5) is 0 Å². The molecule has 0 saturated heterocycles. The molecule has 0 fully saturated rings. The average Bonchev–Trinajstić information content (AvgIpc) is 2.08. The summed E-state index contributed by atoms with van der Waals surface area (Å²) in [6.07, 6.45) is 0.836. The van der Waals surface area contributed by atoms with Crippen molar-refractivity contribution in [1.29, 1.82) is 0 Å². The van der Waals surface area contributed by atoms with Gasteiger partial charge in [-0.3, -0.25) is 0 Å². The van der Waals surface area contributed by atoms with Gasteiger partial charge in [0.1, 0.15) is 0 Å². The monoisotopic (exact) mass is 192 g/mol. The van der Waals surface area contributed by atoms with Gasteiger partial charge in [-0.1, -0.05) is 18.2 Å². The zero-order valence-electron chi connectivity index (χ0n) is 9.25. The van der Waals surface area contributed by atoms with Crippen LogP contribution < -0.4 is 11.5 Å². The van der Waals surface area contributed by atoms with Crippen molar-refractivity contribution >= 4 is 0 Å². The summed E-state index contributed by atoms with van der Waals surface area (Å²) in [6.45, 7) is 6.20. The van der Waals surface area contributed by atoms with E-state index in [-0.39, 0.29) is 12.1 Å². The molecule has 2 heteroatoms. The maximum atomic E-state index is 6.03. The fourth-order valence-electron chi connectivity index (χ4n) is 1.53. The quantitative estimate of drug-likeness (QED) is 0.770. The van der Waals surface area contributed by atoms with Gasteiger partial charge in [0.25, 0.3) is 0 Å². The van der Waals surface area contributed by atoms with Crippen LogP contribution in [0, 0.1) is 13.8 Å². The molecule has 14 heavy (non-hydrogen) atoms. The number of benzene rings is 1. The maximum Gasteiger partial charge on any atom is 0.0309 e. The molecule has 2 nitrogen and oxygen atoms in total. The van der Waals surface area contributed by atoms with E-state index in [0.717, 1.165) is 6.42 Å². The number of rotatable bonds is 3. The van der Waals surface area contributed by atoms with Crippen molar-refractivity contribution in [2.45, 2.75) is 39.3 Å². The molecular weight excluding hydrogens is 172 g/mol. The second kappa shape index (κ2) is 4.58. The molecule has 2 atom stereocenters. The van der Waals surface area contributed by atoms with Crippen molar-refractivity contribution < 1.29 is 0 Å². The van der Waals surface area contributed by atoms with Crippen LogP contribution in [0.2, 0.25) is 0 Å². The van der Waals surface area contributed by atoms with Crippen molar-refractivity contribution in [3.05, 3.63) is 34.9 Å². The maximum absolute atomic E-state index is 6.03. The molecule has 0 saturated carbocycles. The first-order valence-electron chi connectivity index (χ1n) is 5.09. The molecule has 0 aliphatic carbocycles. The number of hydrogen-bond donors (Lipinski definition) is 2. The molecule has 0 amide bonds. The Balaban J connectivity index is 2.80. The molecule has 0 aliphatic rings. The van der Waals surface area contributed by atoms with Gasteiger partial charge in [-0.25, -0.2) is 0 Å². The average molecular weight is 192 g/mol. The number of aryl methyl sites for hydroxylation is 2. The Labute approximate surface area is 86.3 Å². The normalized spacial score (nSPS) is 15.2. The number of nitrogens with two attached hydrogens (primary N) is 2. The Morgan fingerprint density at radius 1 is 1.14 bits per heavy atom. The second-order valence-corrected chi connectivity index (χ2v) is 4.16. The minimum absolute atomic E-state index is 0.0642. The van der Waals surface area contributed by atoms with Gasteiger partial charge in [-0.05, 0) is 43.9 Å². The van der Waals surface area contributed by atoms with Gasteiger partial charge in [0.2, 0.25) is 0 Å². The zero-order chi connectivity index (χ0) is 10.7. The molecule has 0 aliphatic heterocycles. The SMILES string of the molecule is Cc1ccc(C(N)CC(C)N)cc1C. The van der Waals surface area contributed by atoms with Crippen molar-refractivity contribution in [3.8, 4) is 0 Å². The van der Waals surface area contributed by atoms with E-state index in [4.69, 9.17) is 11.5 Å². The summed E-state index contributed by atoms with van der Waals surface area (Å²) in [5.74, 6) is 0. The first-order chi connectivity index (χ1) is 6.50. The fourth-order valence-corrected chi connectivity index (χ4v) is 1.53. The van der Waals surface area contributed by atoms with Crippen LogP contribution in [0.3, 0.4) is 0 Å². The first kappa shape index (κ1) is 11.2. The molecule has 4 N–H and O–H groups in total. The van der Waals surface area contributed by atoms with Gasteiger partial charge in [-0.2, -0.15) is 0 Å². The lowest BCUT2D eigenvalue weighted by molar-refractivity contribution is 0.568. The third-order valence-corrected chi connectivity index (χ3v) is 2.58. The summed E-state index contributed by atoms with van der Waals surface area (Å²) in [7, 11) is 0. The van der Waals surface area contributed by atoms with E-state index in [0.29, 0.717) is 0 Å². The Bertz CT molecular complexity index is 305. The van der Waals surface area contributed by atoms with Gasteiger partial charge >= 0.3 is 0 Å². The Kier molecular flexibility index (Phi) is 3.67. The minimum atomic E-state index is 0.0642. The van der Waals surface area contributed by atoms with E-state index >= 15 is 0 Å². The zero-order valence-corrected chi connectivity index (χ0v) is 9.25. The Morgan fingerprint density at radius 2 is 1.79 bits per heavy atom. The van der Waals surface area contributed by atoms with Crippen LogP contribution in [0.15, 0.2) is 18.2 Å². The summed E-state index contributed by atoms with van der Waals surface area (Å²) in [6, 6.07) is 6.59. The highest BCUT2D eigenvalue weighted by Crippen LogP contribution is 2.18. The minimum Gasteiger partial charge on any atom is -0.328 e. The molecule has 78 valence electrons. The van der Waals surface area contributed by atoms with E-state index in [9.17, 15) is 0 Å². The summed E-state index contributed by atoms with van der Waals surface area (Å²) in [5.41, 5.74) is 15.5. The Morgan fingerprint density at radius 3 is 2.29 bits per heavy atom. The summed E-state index contributed by atoms with van der Waals surface area (Å²) < 4.78 is 0. The van der Waals surface area contributed by atoms with Crippen molar-refractivity contribution in [1.82, 2.24) is 0 Å². The van der Waals surface area contributed by atoms with Gasteiger partial charge in [-0.15, -0.1) is 0 Å². The summed E-state index contributed by atoms with van der Waals surface area (Å²) >= 11 is 0. The van der Waals surface area contributed by atoms with Gasteiger partial charge < -0.3 is 11.5 Å². The topological polar surface area (TPSA) is 52.0 Å². The molecule has 2 unspecified atom stereocenters. The van der Waals surface area contributed by atoms with Crippen molar-refractivity contribution in [2.24, 2.45) is 11.5 Å². The number of hydrogen-bond acceptors (Lipinski definition) is 2. The van der Waals surface area contributed by atoms with E-state index < -0.39 is 0 Å². The van der Waals surface area contributed by atoms with Crippen LogP contribution in [0.25, 0.3) is 0 Å². The fraction of sp³-hybridized carbons (Fsp3) is 0.500. The lowest BCUT2D eigenvalue weighted by atomic mass is 9.98. The smallest absolute Gasteiger partial charge is 0.0309 e. The predicted octanol–water partition coefficient (Wildman–Crippen LogP) is 2.04. The summed E-state index contributed by atoms with van der Waals surface area (Å²) in [4.78, 5) is 0. The third kappa shape index (κ3) is 2.82. The lowest BCUT2D eigenvalue weighted by Crippen LogP contribution is -2.23. The van der Waals surface area contributed by atoms with Crippen LogP contribution >= 0.6 is 0 Å².